The lowest BCUT2D eigenvalue weighted by atomic mass is 10.0. The molecular weight excluding hydrogens is 345 g/mol. The summed E-state index contributed by atoms with van der Waals surface area (Å²) < 4.78 is 38.5. The van der Waals surface area contributed by atoms with Crippen LogP contribution in [0.4, 0.5) is 10.1 Å². The van der Waals surface area contributed by atoms with E-state index >= 15 is 0 Å². The van der Waals surface area contributed by atoms with Gasteiger partial charge in [0.15, 0.2) is 0 Å². The van der Waals surface area contributed by atoms with Crippen molar-refractivity contribution in [3.05, 3.63) is 65.0 Å². The molecule has 0 bridgehead atoms. The van der Waals surface area contributed by atoms with Crippen molar-refractivity contribution in [2.24, 2.45) is 0 Å². The van der Waals surface area contributed by atoms with Crippen LogP contribution in [-0.4, -0.2) is 31.8 Å². The number of carbonyl (C=O) groups is 1. The normalized spacial score (nSPS) is 12.6. The molecular formula is C18H20FNO4S. The molecule has 0 aliphatic heterocycles. The smallest absolute Gasteiger partial charge is 0.327 e. The number of halogens is 1. The molecule has 0 radical (unpaired) electrons. The number of benzene rings is 2. The zero-order valence-electron chi connectivity index (χ0n) is 14.2. The second-order valence-corrected chi connectivity index (χ2v) is 7.87. The summed E-state index contributed by atoms with van der Waals surface area (Å²) in [7, 11) is -3.88. The van der Waals surface area contributed by atoms with Gasteiger partial charge in [-0.2, -0.15) is 0 Å². The monoisotopic (exact) mass is 365 g/mol. The highest BCUT2D eigenvalue weighted by atomic mass is 32.2. The van der Waals surface area contributed by atoms with Gasteiger partial charge in [0.05, 0.1) is 11.9 Å². The van der Waals surface area contributed by atoms with Crippen LogP contribution in [-0.2, 0) is 21.2 Å². The first kappa shape index (κ1) is 18.9. The average Bonchev–Trinajstić information content (AvgIpc) is 2.50. The maximum absolute atomic E-state index is 13.2. The van der Waals surface area contributed by atoms with Crippen molar-refractivity contribution in [3.8, 4) is 0 Å². The maximum Gasteiger partial charge on any atom is 0.327 e. The zero-order chi connectivity index (χ0) is 18.8. The lowest BCUT2D eigenvalue weighted by Crippen LogP contribution is -2.46. The van der Waals surface area contributed by atoms with E-state index in [1.54, 1.807) is 6.07 Å². The quantitative estimate of drug-likeness (QED) is 0.854. The van der Waals surface area contributed by atoms with Crippen LogP contribution in [0.2, 0.25) is 0 Å². The van der Waals surface area contributed by atoms with Gasteiger partial charge in [-0.15, -0.1) is 0 Å². The van der Waals surface area contributed by atoms with Crippen LogP contribution in [0.25, 0.3) is 0 Å². The van der Waals surface area contributed by atoms with Gasteiger partial charge in [-0.3, -0.25) is 4.31 Å². The van der Waals surface area contributed by atoms with Crippen molar-refractivity contribution in [3.63, 3.8) is 0 Å². The van der Waals surface area contributed by atoms with E-state index in [1.807, 2.05) is 26.0 Å². The number of anilines is 1. The standard InChI is InChI=1S/C18H20FNO4S/c1-12-4-5-14(10-13(12)2)11-17(18(21)22)20(25(3,23)24)16-8-6-15(19)7-9-16/h4-10,17H,11H2,1-3H3,(H,21,22)/t17-/m1/s1. The Kier molecular flexibility index (Phi) is 5.47. The van der Waals surface area contributed by atoms with Gasteiger partial charge in [-0.25, -0.2) is 17.6 Å². The highest BCUT2D eigenvalue weighted by molar-refractivity contribution is 7.92. The second-order valence-electron chi connectivity index (χ2n) is 6.01. The fourth-order valence-electron chi connectivity index (χ4n) is 2.61. The fraction of sp³-hybridized carbons (Fsp3) is 0.278. The summed E-state index contributed by atoms with van der Waals surface area (Å²) in [4.78, 5) is 11.8. The van der Waals surface area contributed by atoms with Crippen LogP contribution in [0.1, 0.15) is 16.7 Å². The number of carboxylic acids is 1. The molecule has 0 spiro atoms. The molecule has 0 saturated heterocycles. The van der Waals surface area contributed by atoms with E-state index in [4.69, 9.17) is 0 Å². The Bertz CT molecular complexity index is 878. The van der Waals surface area contributed by atoms with Gasteiger partial charge in [-0.05, 0) is 54.8 Å². The molecule has 0 amide bonds. The minimum absolute atomic E-state index is 0.000893. The van der Waals surface area contributed by atoms with Gasteiger partial charge in [-0.1, -0.05) is 18.2 Å². The molecule has 5 nitrogen and oxygen atoms in total. The summed E-state index contributed by atoms with van der Waals surface area (Å²) in [5, 5.41) is 9.63. The Morgan fingerprint density at radius 2 is 1.72 bits per heavy atom. The number of nitrogens with zero attached hydrogens (tertiary/aromatic N) is 1. The second kappa shape index (κ2) is 7.23. The Morgan fingerprint density at radius 3 is 2.20 bits per heavy atom. The molecule has 2 aromatic carbocycles. The number of aliphatic carboxylic acids is 1. The van der Waals surface area contributed by atoms with Crippen LogP contribution < -0.4 is 4.31 Å². The maximum atomic E-state index is 13.2. The van der Waals surface area contributed by atoms with Crippen LogP contribution in [0.3, 0.4) is 0 Å². The number of carboxylic acid groups (broad SMARTS) is 1. The van der Waals surface area contributed by atoms with E-state index in [1.165, 1.54) is 12.1 Å². The largest absolute Gasteiger partial charge is 0.480 e. The predicted octanol–water partition coefficient (Wildman–Crippen LogP) is 2.90. The number of hydrogen-bond acceptors (Lipinski definition) is 3. The van der Waals surface area contributed by atoms with E-state index in [9.17, 15) is 22.7 Å². The molecule has 25 heavy (non-hydrogen) atoms. The third kappa shape index (κ3) is 4.57. The number of aryl methyl sites for hydroxylation is 2. The van der Waals surface area contributed by atoms with E-state index in [-0.39, 0.29) is 12.1 Å². The summed E-state index contributed by atoms with van der Waals surface area (Å²) in [6.07, 6.45) is 0.938. The summed E-state index contributed by atoms with van der Waals surface area (Å²) in [6.45, 7) is 3.85. The van der Waals surface area contributed by atoms with E-state index < -0.39 is 27.9 Å². The summed E-state index contributed by atoms with van der Waals surface area (Å²) in [5.74, 6) is -1.80. The van der Waals surface area contributed by atoms with Crippen molar-refractivity contribution < 1.29 is 22.7 Å². The van der Waals surface area contributed by atoms with E-state index in [0.717, 1.165) is 33.8 Å². The summed E-state index contributed by atoms with van der Waals surface area (Å²) in [6, 6.07) is 8.87. The molecule has 7 heteroatoms. The third-order valence-corrected chi connectivity index (χ3v) is 5.19. The molecule has 0 aromatic heterocycles. The summed E-state index contributed by atoms with van der Waals surface area (Å²) >= 11 is 0. The number of rotatable bonds is 6. The van der Waals surface area contributed by atoms with Crippen molar-refractivity contribution in [1.29, 1.82) is 0 Å². The average molecular weight is 365 g/mol. The minimum atomic E-state index is -3.88. The highest BCUT2D eigenvalue weighted by Crippen LogP contribution is 2.24. The van der Waals surface area contributed by atoms with Crippen molar-refractivity contribution in [1.82, 2.24) is 0 Å². The molecule has 0 unspecified atom stereocenters. The van der Waals surface area contributed by atoms with Gasteiger partial charge in [0, 0.05) is 6.42 Å². The van der Waals surface area contributed by atoms with Crippen LogP contribution >= 0.6 is 0 Å². The van der Waals surface area contributed by atoms with Gasteiger partial charge >= 0.3 is 5.97 Å². The molecule has 0 aliphatic carbocycles. The number of hydrogen-bond donors (Lipinski definition) is 1. The van der Waals surface area contributed by atoms with Crippen molar-refractivity contribution in [2.45, 2.75) is 26.3 Å². The zero-order valence-corrected chi connectivity index (χ0v) is 15.0. The van der Waals surface area contributed by atoms with Crippen LogP contribution in [0.15, 0.2) is 42.5 Å². The fourth-order valence-corrected chi connectivity index (χ4v) is 3.75. The van der Waals surface area contributed by atoms with Crippen LogP contribution in [0, 0.1) is 19.7 Å². The first-order valence-electron chi connectivity index (χ1n) is 7.63. The van der Waals surface area contributed by atoms with Gasteiger partial charge < -0.3 is 5.11 Å². The van der Waals surface area contributed by atoms with Gasteiger partial charge in [0.1, 0.15) is 11.9 Å². The molecule has 134 valence electrons. The molecule has 2 rings (SSSR count). The lowest BCUT2D eigenvalue weighted by Gasteiger charge is -2.29. The Labute approximate surface area is 146 Å². The molecule has 0 fully saturated rings. The Hall–Kier alpha value is -2.41. The molecule has 1 N–H and O–H groups in total. The Morgan fingerprint density at radius 1 is 1.12 bits per heavy atom. The van der Waals surface area contributed by atoms with E-state index in [2.05, 4.69) is 0 Å². The van der Waals surface area contributed by atoms with Crippen LogP contribution in [0.5, 0.6) is 0 Å². The van der Waals surface area contributed by atoms with E-state index in [0.29, 0.717) is 5.56 Å². The number of sulfonamides is 1. The highest BCUT2D eigenvalue weighted by Gasteiger charge is 2.33. The molecule has 0 heterocycles. The SMILES string of the molecule is Cc1ccc(C[C@H](C(=O)O)N(c2ccc(F)cc2)S(C)(=O)=O)cc1C. The van der Waals surface area contributed by atoms with Gasteiger partial charge in [0.25, 0.3) is 0 Å². The molecule has 0 aliphatic rings. The lowest BCUT2D eigenvalue weighted by molar-refractivity contribution is -0.138. The van der Waals surface area contributed by atoms with Gasteiger partial charge in [0.2, 0.25) is 10.0 Å². The first-order valence-corrected chi connectivity index (χ1v) is 9.48. The minimum Gasteiger partial charge on any atom is -0.480 e. The molecule has 2 aromatic rings. The van der Waals surface area contributed by atoms with Crippen molar-refractivity contribution >= 4 is 21.7 Å². The Balaban J connectivity index is 2.47. The van der Waals surface area contributed by atoms with Crippen molar-refractivity contribution in [2.75, 3.05) is 10.6 Å². The molecule has 1 atom stereocenters. The first-order chi connectivity index (χ1) is 11.6. The summed E-state index contributed by atoms with van der Waals surface area (Å²) in [5.41, 5.74) is 2.88. The topological polar surface area (TPSA) is 74.7 Å². The molecule has 0 saturated carbocycles. The predicted molar refractivity (Wildman–Crippen MR) is 94.8 cm³/mol. The third-order valence-electron chi connectivity index (χ3n) is 4.01.